The zero-order valence-corrected chi connectivity index (χ0v) is 14.8. The van der Waals surface area contributed by atoms with Crippen LogP contribution in [0.25, 0.3) is 0 Å². The predicted octanol–water partition coefficient (Wildman–Crippen LogP) is 1.60. The molecule has 2 rings (SSSR count). The number of carbonyl (C=O) groups is 2. The Bertz CT molecular complexity index is 750. The summed E-state index contributed by atoms with van der Waals surface area (Å²) in [5.41, 5.74) is 6.97. The van der Waals surface area contributed by atoms with Crippen molar-refractivity contribution in [2.45, 2.75) is 19.0 Å². The van der Waals surface area contributed by atoms with Crippen molar-refractivity contribution in [3.63, 3.8) is 0 Å². The molecule has 0 aliphatic rings. The van der Waals surface area contributed by atoms with Gasteiger partial charge in [-0.1, -0.05) is 36.4 Å². The van der Waals surface area contributed by atoms with E-state index < -0.39 is 12.1 Å². The highest BCUT2D eigenvalue weighted by Gasteiger charge is 2.20. The molecule has 0 unspecified atom stereocenters. The van der Waals surface area contributed by atoms with Crippen LogP contribution in [0, 0.1) is 0 Å². The minimum atomic E-state index is -0.755. The van der Waals surface area contributed by atoms with E-state index in [2.05, 4.69) is 10.6 Å². The van der Waals surface area contributed by atoms with E-state index in [1.807, 2.05) is 36.4 Å². The number of urea groups is 1. The molecule has 7 nitrogen and oxygen atoms in total. The fourth-order valence-electron chi connectivity index (χ4n) is 2.53. The van der Waals surface area contributed by atoms with Crippen LogP contribution in [0.15, 0.2) is 48.5 Å². The third kappa shape index (κ3) is 5.41. The monoisotopic (exact) mass is 357 g/mol. The minimum Gasteiger partial charge on any atom is -0.493 e. The van der Waals surface area contributed by atoms with Crippen LogP contribution in [0.5, 0.6) is 11.5 Å². The van der Waals surface area contributed by atoms with E-state index in [1.54, 1.807) is 26.4 Å². The molecule has 0 aromatic heterocycles. The van der Waals surface area contributed by atoms with Gasteiger partial charge in [0, 0.05) is 13.0 Å². The first kappa shape index (κ1) is 19.1. The maximum Gasteiger partial charge on any atom is 0.312 e. The summed E-state index contributed by atoms with van der Waals surface area (Å²) in [5, 5.41) is 5.30. The summed E-state index contributed by atoms with van der Waals surface area (Å²) in [7, 11) is 3.11. The van der Waals surface area contributed by atoms with Crippen molar-refractivity contribution in [1.29, 1.82) is 0 Å². The van der Waals surface area contributed by atoms with Gasteiger partial charge in [-0.3, -0.25) is 4.79 Å². The lowest BCUT2D eigenvalue weighted by Crippen LogP contribution is -2.49. The molecule has 0 heterocycles. The molecule has 138 valence electrons. The summed E-state index contributed by atoms with van der Waals surface area (Å²) in [5.74, 6) is 0.873. The maximum atomic E-state index is 12.5. The van der Waals surface area contributed by atoms with Crippen LogP contribution in [0.4, 0.5) is 4.79 Å². The fraction of sp³-hybridized carbons (Fsp3) is 0.263. The molecule has 7 heteroatoms. The zero-order valence-electron chi connectivity index (χ0n) is 14.8. The smallest absolute Gasteiger partial charge is 0.312 e. The van der Waals surface area contributed by atoms with Crippen LogP contribution >= 0.6 is 0 Å². The van der Waals surface area contributed by atoms with Gasteiger partial charge in [0.2, 0.25) is 5.91 Å². The van der Waals surface area contributed by atoms with Crippen LogP contribution in [0.2, 0.25) is 0 Å². The van der Waals surface area contributed by atoms with Gasteiger partial charge in [0.15, 0.2) is 11.5 Å². The maximum absolute atomic E-state index is 12.5. The normalized spacial score (nSPS) is 11.3. The number of amides is 3. The topological polar surface area (TPSA) is 103 Å². The molecule has 0 aliphatic carbocycles. The molecule has 0 aliphatic heterocycles. The van der Waals surface area contributed by atoms with Crippen molar-refractivity contribution >= 4 is 11.9 Å². The molecule has 2 aromatic rings. The van der Waals surface area contributed by atoms with E-state index in [-0.39, 0.29) is 12.5 Å². The van der Waals surface area contributed by atoms with Crippen LogP contribution < -0.4 is 25.8 Å². The second-order valence-corrected chi connectivity index (χ2v) is 5.66. The molecule has 1 atom stereocenters. The Balaban J connectivity index is 2.03. The van der Waals surface area contributed by atoms with Crippen molar-refractivity contribution in [3.8, 4) is 11.5 Å². The SMILES string of the molecule is COc1ccc(CNC(=O)[C@@H](Cc2ccccc2)NC(N)=O)cc1OC. The van der Waals surface area contributed by atoms with Crippen LogP contribution in [0.3, 0.4) is 0 Å². The summed E-state index contributed by atoms with van der Waals surface area (Å²) in [4.78, 5) is 23.7. The van der Waals surface area contributed by atoms with Crippen molar-refractivity contribution in [2.24, 2.45) is 5.73 Å². The van der Waals surface area contributed by atoms with Gasteiger partial charge in [-0.2, -0.15) is 0 Å². The number of ether oxygens (including phenoxy) is 2. The summed E-state index contributed by atoms with van der Waals surface area (Å²) in [6.45, 7) is 0.283. The van der Waals surface area contributed by atoms with Crippen LogP contribution in [-0.4, -0.2) is 32.2 Å². The zero-order chi connectivity index (χ0) is 18.9. The highest BCUT2D eigenvalue weighted by molar-refractivity contribution is 5.86. The number of carbonyl (C=O) groups excluding carboxylic acids is 2. The molecule has 26 heavy (non-hydrogen) atoms. The minimum absolute atomic E-state index is 0.283. The Morgan fingerprint density at radius 1 is 1.00 bits per heavy atom. The second kappa shape index (κ2) is 9.31. The average Bonchev–Trinajstić information content (AvgIpc) is 2.65. The predicted molar refractivity (Wildman–Crippen MR) is 98.0 cm³/mol. The van der Waals surface area contributed by atoms with Crippen LogP contribution in [0.1, 0.15) is 11.1 Å². The van der Waals surface area contributed by atoms with E-state index in [0.717, 1.165) is 11.1 Å². The van der Waals surface area contributed by atoms with Gasteiger partial charge in [0.25, 0.3) is 0 Å². The molecule has 0 spiro atoms. The van der Waals surface area contributed by atoms with Crippen molar-refractivity contribution in [3.05, 3.63) is 59.7 Å². The Hall–Kier alpha value is -3.22. The summed E-state index contributed by atoms with van der Waals surface area (Å²) in [6.07, 6.45) is 0.349. The number of hydrogen-bond acceptors (Lipinski definition) is 4. The standard InChI is InChI=1S/C19H23N3O4/c1-25-16-9-8-14(11-17(16)26-2)12-21-18(23)15(22-19(20)24)10-13-6-4-3-5-7-13/h3-9,11,15H,10,12H2,1-2H3,(H,21,23)(H3,20,22,24)/t15-/m1/s1. The Labute approximate surface area is 152 Å². The number of rotatable bonds is 8. The first-order valence-electron chi connectivity index (χ1n) is 8.12. The molecular formula is C19H23N3O4. The quantitative estimate of drug-likeness (QED) is 0.668. The van der Waals surface area contributed by atoms with Crippen molar-refractivity contribution in [1.82, 2.24) is 10.6 Å². The largest absolute Gasteiger partial charge is 0.493 e. The molecule has 0 saturated carbocycles. The highest BCUT2D eigenvalue weighted by Crippen LogP contribution is 2.27. The molecule has 2 aromatic carbocycles. The molecule has 3 amide bonds. The Morgan fingerprint density at radius 2 is 1.69 bits per heavy atom. The van der Waals surface area contributed by atoms with Crippen LogP contribution in [-0.2, 0) is 17.8 Å². The van der Waals surface area contributed by atoms with Crippen molar-refractivity contribution < 1.29 is 19.1 Å². The van der Waals surface area contributed by atoms with Gasteiger partial charge >= 0.3 is 6.03 Å². The first-order chi connectivity index (χ1) is 12.5. The first-order valence-corrected chi connectivity index (χ1v) is 8.12. The van der Waals surface area contributed by atoms with Gasteiger partial charge in [-0.05, 0) is 23.3 Å². The van der Waals surface area contributed by atoms with E-state index in [0.29, 0.717) is 17.9 Å². The highest BCUT2D eigenvalue weighted by atomic mass is 16.5. The lowest BCUT2D eigenvalue weighted by Gasteiger charge is -2.18. The summed E-state index contributed by atoms with van der Waals surface area (Å²) < 4.78 is 10.4. The second-order valence-electron chi connectivity index (χ2n) is 5.66. The lowest BCUT2D eigenvalue weighted by molar-refractivity contribution is -0.123. The Kier molecular flexibility index (Phi) is 6.84. The number of hydrogen-bond donors (Lipinski definition) is 3. The number of primary amides is 1. The molecule has 0 saturated heterocycles. The van der Waals surface area contributed by atoms with Gasteiger partial charge in [-0.25, -0.2) is 4.79 Å². The summed E-state index contributed by atoms with van der Waals surface area (Å²) >= 11 is 0. The van der Waals surface area contributed by atoms with E-state index in [4.69, 9.17) is 15.2 Å². The number of benzene rings is 2. The number of methoxy groups -OCH3 is 2. The number of nitrogens with one attached hydrogen (secondary N) is 2. The van der Waals surface area contributed by atoms with Gasteiger partial charge in [0.05, 0.1) is 14.2 Å². The van der Waals surface area contributed by atoms with Gasteiger partial charge < -0.3 is 25.8 Å². The third-order valence-corrected chi connectivity index (χ3v) is 3.83. The molecule has 0 fully saturated rings. The van der Waals surface area contributed by atoms with E-state index >= 15 is 0 Å². The summed E-state index contributed by atoms with van der Waals surface area (Å²) in [6, 6.07) is 13.3. The van der Waals surface area contributed by atoms with E-state index in [9.17, 15) is 9.59 Å². The van der Waals surface area contributed by atoms with E-state index in [1.165, 1.54) is 0 Å². The lowest BCUT2D eigenvalue weighted by atomic mass is 10.1. The third-order valence-electron chi connectivity index (χ3n) is 3.83. The Morgan fingerprint density at radius 3 is 2.31 bits per heavy atom. The molecule has 0 radical (unpaired) electrons. The fourth-order valence-corrected chi connectivity index (χ4v) is 2.53. The molecular weight excluding hydrogens is 334 g/mol. The van der Waals surface area contributed by atoms with Crippen molar-refractivity contribution in [2.75, 3.05) is 14.2 Å². The van der Waals surface area contributed by atoms with Gasteiger partial charge in [-0.15, -0.1) is 0 Å². The average molecular weight is 357 g/mol. The molecule has 0 bridgehead atoms. The number of nitrogens with two attached hydrogens (primary N) is 1. The van der Waals surface area contributed by atoms with Gasteiger partial charge in [0.1, 0.15) is 6.04 Å². The molecule has 4 N–H and O–H groups in total.